The number of amides is 2. The monoisotopic (exact) mass is 813 g/mol. The second kappa shape index (κ2) is 21.5. The maximum absolute atomic E-state index is 14.6. The van der Waals surface area contributed by atoms with Crippen LogP contribution in [0.25, 0.3) is 0 Å². The molecule has 7 atom stereocenters. The van der Waals surface area contributed by atoms with E-state index in [1.54, 1.807) is 24.4 Å². The van der Waals surface area contributed by atoms with Gasteiger partial charge in [-0.1, -0.05) is 53.2 Å². The lowest BCUT2D eigenvalue weighted by molar-refractivity contribution is -0.384. The van der Waals surface area contributed by atoms with Gasteiger partial charge in [-0.3, -0.25) is 39.0 Å². The van der Waals surface area contributed by atoms with Gasteiger partial charge in [0, 0.05) is 61.8 Å². The molecule has 1 aliphatic rings. The zero-order chi connectivity index (χ0) is 42.6. The summed E-state index contributed by atoms with van der Waals surface area (Å²) in [5.74, 6) is -2.65. The Balaban J connectivity index is 1.88. The minimum atomic E-state index is -0.864. The normalized spacial score (nSPS) is 19.1. The Morgan fingerprint density at radius 1 is 1.07 bits per heavy atom. The Bertz CT molecular complexity index is 1700. The van der Waals surface area contributed by atoms with Crippen LogP contribution >= 0.6 is 11.3 Å². The van der Waals surface area contributed by atoms with E-state index in [0.717, 1.165) is 37.8 Å². The highest BCUT2D eigenvalue weighted by Crippen LogP contribution is 2.35. The molecule has 1 saturated heterocycles. The van der Waals surface area contributed by atoms with E-state index < -0.39 is 52.3 Å². The molecule has 0 saturated carbocycles. The zero-order valence-corrected chi connectivity index (χ0v) is 36.2. The van der Waals surface area contributed by atoms with Gasteiger partial charge in [-0.05, 0) is 76.9 Å². The van der Waals surface area contributed by atoms with Gasteiger partial charge in [-0.2, -0.15) is 0 Å². The molecule has 0 spiro atoms. The Morgan fingerprint density at radius 2 is 1.74 bits per heavy atom. The molecule has 1 aliphatic heterocycles. The minimum Gasteiger partial charge on any atom is -0.469 e. The molecule has 1 N–H and O–H groups in total. The number of nitrogens with one attached hydrogen (secondary N) is 1. The van der Waals surface area contributed by atoms with Crippen molar-refractivity contribution in [1.29, 1.82) is 0 Å². The number of esters is 2. The van der Waals surface area contributed by atoms with E-state index in [-0.39, 0.29) is 66.6 Å². The van der Waals surface area contributed by atoms with Crippen molar-refractivity contribution in [1.82, 2.24) is 20.1 Å². The molecule has 0 unspecified atom stereocenters. The molecule has 3 rings (SSSR count). The summed E-state index contributed by atoms with van der Waals surface area (Å²) in [5.41, 5.74) is 0.140. The summed E-state index contributed by atoms with van der Waals surface area (Å²) in [6, 6.07) is 5.06. The van der Waals surface area contributed by atoms with Crippen LogP contribution in [0.15, 0.2) is 29.6 Å². The van der Waals surface area contributed by atoms with E-state index in [2.05, 4.69) is 15.2 Å². The SMILES string of the molecule is CC[C@H](C)[C@H](CC(=O)[C@@]1(C)CCCCN1C)C(=O)N(CC)[C@H](C[C@@H](OC(C)=O)c1nc(C(=O)N[C@@H](Cc2ccc([N+](=O)[O-])cc2)C[C@H](C)C(=O)OC)cs1)C(C)C. The number of aromatic nitrogens is 1. The highest BCUT2D eigenvalue weighted by molar-refractivity contribution is 7.09. The summed E-state index contributed by atoms with van der Waals surface area (Å²) >= 11 is 1.17. The number of hydrogen-bond acceptors (Lipinski definition) is 12. The lowest BCUT2D eigenvalue weighted by Crippen LogP contribution is -2.55. The van der Waals surface area contributed by atoms with Gasteiger partial charge < -0.3 is 19.7 Å². The number of ether oxygens (including phenoxy) is 2. The second-order valence-electron chi connectivity index (χ2n) is 16.1. The molecule has 1 aromatic heterocycles. The summed E-state index contributed by atoms with van der Waals surface area (Å²) in [4.78, 5) is 86.3. The van der Waals surface area contributed by atoms with Gasteiger partial charge >= 0.3 is 11.9 Å². The van der Waals surface area contributed by atoms with E-state index in [1.165, 1.54) is 37.5 Å². The zero-order valence-electron chi connectivity index (χ0n) is 35.4. The third-order valence-electron chi connectivity index (χ3n) is 11.7. The summed E-state index contributed by atoms with van der Waals surface area (Å²) in [6.07, 6.45) is 3.55. The quantitative estimate of drug-likeness (QED) is 0.0783. The number of ketones is 1. The van der Waals surface area contributed by atoms with Gasteiger partial charge in [-0.25, -0.2) is 4.98 Å². The maximum Gasteiger partial charge on any atom is 0.308 e. The molecule has 316 valence electrons. The molecular formula is C42H63N5O9S. The summed E-state index contributed by atoms with van der Waals surface area (Å²) < 4.78 is 10.7. The van der Waals surface area contributed by atoms with Crippen LogP contribution in [0.3, 0.4) is 0 Å². The smallest absolute Gasteiger partial charge is 0.308 e. The van der Waals surface area contributed by atoms with Crippen molar-refractivity contribution in [2.45, 2.75) is 130 Å². The van der Waals surface area contributed by atoms with Crippen molar-refractivity contribution in [3.05, 3.63) is 56.0 Å². The van der Waals surface area contributed by atoms with Gasteiger partial charge in [0.05, 0.1) is 23.5 Å². The number of nitro benzene ring substituents is 1. The first-order valence-electron chi connectivity index (χ1n) is 20.2. The van der Waals surface area contributed by atoms with Crippen LogP contribution in [0.4, 0.5) is 5.69 Å². The predicted molar refractivity (Wildman–Crippen MR) is 219 cm³/mol. The average molecular weight is 814 g/mol. The fourth-order valence-electron chi connectivity index (χ4n) is 7.74. The first kappa shape index (κ1) is 47.1. The molecule has 2 aromatic rings. The molecule has 0 aliphatic carbocycles. The Kier molecular flexibility index (Phi) is 17.8. The van der Waals surface area contributed by atoms with E-state index in [9.17, 15) is 34.1 Å². The molecular weight excluding hydrogens is 751 g/mol. The van der Waals surface area contributed by atoms with E-state index >= 15 is 0 Å². The lowest BCUT2D eigenvalue weighted by atomic mass is 9.77. The summed E-state index contributed by atoms with van der Waals surface area (Å²) in [6.45, 7) is 16.2. The number of methoxy groups -OCH3 is 1. The van der Waals surface area contributed by atoms with Gasteiger partial charge in [0.25, 0.3) is 11.6 Å². The number of nitro groups is 1. The van der Waals surface area contributed by atoms with E-state index in [4.69, 9.17) is 9.47 Å². The number of hydrogen-bond donors (Lipinski definition) is 1. The number of carbonyl (C=O) groups excluding carboxylic acids is 5. The average Bonchev–Trinajstić information content (AvgIpc) is 3.67. The van der Waals surface area contributed by atoms with Crippen LogP contribution in [-0.4, -0.2) is 94.1 Å². The summed E-state index contributed by atoms with van der Waals surface area (Å²) in [7, 11) is 3.28. The molecule has 0 bridgehead atoms. The van der Waals surface area contributed by atoms with Gasteiger partial charge in [0.2, 0.25) is 5.91 Å². The number of thiazole rings is 1. The molecule has 1 fully saturated rings. The molecule has 57 heavy (non-hydrogen) atoms. The number of Topliss-reactive ketones (excluding diaryl/α,β-unsaturated/α-hetero) is 1. The lowest BCUT2D eigenvalue weighted by Gasteiger charge is -2.43. The minimum absolute atomic E-state index is 0.0371. The van der Waals surface area contributed by atoms with Crippen molar-refractivity contribution in [3.63, 3.8) is 0 Å². The van der Waals surface area contributed by atoms with Crippen LogP contribution in [0.1, 0.15) is 127 Å². The largest absolute Gasteiger partial charge is 0.469 e. The maximum atomic E-state index is 14.6. The van der Waals surface area contributed by atoms with Crippen molar-refractivity contribution < 1.29 is 38.4 Å². The van der Waals surface area contributed by atoms with E-state index in [1.807, 2.05) is 53.5 Å². The molecule has 1 aromatic carbocycles. The fraction of sp³-hybridized carbons (Fsp3) is 0.667. The van der Waals surface area contributed by atoms with Crippen LogP contribution < -0.4 is 5.32 Å². The topological polar surface area (TPSA) is 178 Å². The van der Waals surface area contributed by atoms with Gasteiger partial charge in [0.15, 0.2) is 11.9 Å². The van der Waals surface area contributed by atoms with Crippen LogP contribution in [0.2, 0.25) is 0 Å². The number of rotatable bonds is 21. The standard InChI is InChI=1S/C42H63N5O9S/c1-11-27(5)33(23-37(49)42(8)19-13-14-20-45(42)9)40(51)46(12-2)35(26(3)4)24-36(56-29(7)48)39-44-34(25-57-39)38(50)43-31(21-28(6)41(52)55-10)22-30-15-17-32(18-16-30)47(53)54/h15-18,25-28,31,33,35-36H,11-14,19-24H2,1-10H3,(H,43,50)/t27-,28-,31+,33-,35+,36+,42+/m0/s1. The number of carbonyl (C=O) groups is 5. The number of piperidine rings is 1. The number of non-ortho nitro benzene ring substituents is 1. The Hall–Kier alpha value is -4.24. The van der Waals surface area contributed by atoms with Crippen molar-refractivity contribution in [2.24, 2.45) is 23.7 Å². The summed E-state index contributed by atoms with van der Waals surface area (Å²) in [5, 5.41) is 16.1. The molecule has 14 nitrogen and oxygen atoms in total. The molecule has 15 heteroatoms. The number of benzene rings is 1. The van der Waals surface area contributed by atoms with Crippen LogP contribution in [0, 0.1) is 33.8 Å². The highest BCUT2D eigenvalue weighted by Gasteiger charge is 2.43. The number of likely N-dealkylation sites (N-methyl/N-ethyl adjacent to an activating group) is 1. The first-order chi connectivity index (χ1) is 26.9. The predicted octanol–water partition coefficient (Wildman–Crippen LogP) is 6.95. The molecule has 2 heterocycles. The second-order valence-corrected chi connectivity index (χ2v) is 17.0. The van der Waals surface area contributed by atoms with Gasteiger partial charge in [-0.15, -0.1) is 11.3 Å². The molecule has 0 radical (unpaired) electrons. The third-order valence-corrected chi connectivity index (χ3v) is 12.6. The van der Waals surface area contributed by atoms with Gasteiger partial charge in [0.1, 0.15) is 10.7 Å². The Morgan fingerprint density at radius 3 is 2.28 bits per heavy atom. The third kappa shape index (κ3) is 12.6. The first-order valence-corrected chi connectivity index (χ1v) is 21.0. The fourth-order valence-corrected chi connectivity index (χ4v) is 8.58. The van der Waals surface area contributed by atoms with Crippen LogP contribution in [0.5, 0.6) is 0 Å². The number of nitrogens with zero attached hydrogens (tertiary/aromatic N) is 4. The van der Waals surface area contributed by atoms with Crippen LogP contribution in [-0.2, 0) is 35.1 Å². The number of likely N-dealkylation sites (tertiary alicyclic amines) is 1. The van der Waals surface area contributed by atoms with Crippen molar-refractivity contribution in [3.8, 4) is 0 Å². The Labute approximate surface area is 341 Å². The highest BCUT2D eigenvalue weighted by atomic mass is 32.1. The van der Waals surface area contributed by atoms with Crippen molar-refractivity contribution in [2.75, 3.05) is 27.2 Å². The molecule has 2 amide bonds. The van der Waals surface area contributed by atoms with E-state index in [0.29, 0.717) is 11.6 Å². The van der Waals surface area contributed by atoms with Crippen molar-refractivity contribution >= 4 is 46.6 Å².